The Balaban J connectivity index is 1.76. The van der Waals surface area contributed by atoms with Gasteiger partial charge < -0.3 is 9.26 Å². The minimum absolute atomic E-state index is 0.0289. The Kier molecular flexibility index (Phi) is 5.65. The largest absolute Gasteiger partial charge is 0.493 e. The van der Waals surface area contributed by atoms with Crippen LogP contribution in [-0.2, 0) is 6.18 Å². The smallest absolute Gasteiger partial charge is 0.417 e. The number of aromatic nitrogens is 3. The normalized spacial score (nSPS) is 11.5. The van der Waals surface area contributed by atoms with Gasteiger partial charge >= 0.3 is 6.18 Å². The summed E-state index contributed by atoms with van der Waals surface area (Å²) in [5, 5.41) is 4.36. The highest BCUT2D eigenvalue weighted by molar-refractivity contribution is 6.30. The van der Waals surface area contributed by atoms with Crippen LogP contribution >= 0.6 is 11.6 Å². The maximum atomic E-state index is 13.5. The summed E-state index contributed by atoms with van der Waals surface area (Å²) in [6.07, 6.45) is -1.47. The van der Waals surface area contributed by atoms with Gasteiger partial charge in [0, 0.05) is 29.1 Å². The zero-order valence-corrected chi connectivity index (χ0v) is 16.9. The molecule has 0 fully saturated rings. The van der Waals surface area contributed by atoms with Crippen LogP contribution in [-0.4, -0.2) is 21.7 Å². The van der Waals surface area contributed by atoms with Gasteiger partial charge in [-0.2, -0.15) is 18.2 Å². The zero-order chi connectivity index (χ0) is 22.0. The van der Waals surface area contributed by atoms with Gasteiger partial charge in [-0.3, -0.25) is 4.98 Å². The molecule has 0 N–H and O–H groups in total. The predicted molar refractivity (Wildman–Crippen MR) is 110 cm³/mol. The van der Waals surface area contributed by atoms with Crippen LogP contribution < -0.4 is 4.74 Å². The van der Waals surface area contributed by atoms with Crippen molar-refractivity contribution in [3.05, 3.63) is 71.5 Å². The zero-order valence-electron chi connectivity index (χ0n) is 16.2. The molecule has 0 atom stereocenters. The molecule has 0 saturated heterocycles. The topological polar surface area (TPSA) is 61.0 Å². The van der Waals surface area contributed by atoms with Crippen LogP contribution in [0.2, 0.25) is 5.02 Å². The van der Waals surface area contributed by atoms with Crippen LogP contribution in [0.15, 0.2) is 65.4 Å². The van der Waals surface area contributed by atoms with Gasteiger partial charge in [0.15, 0.2) is 0 Å². The van der Waals surface area contributed by atoms with Crippen LogP contribution in [0.3, 0.4) is 0 Å². The number of hydrogen-bond acceptors (Lipinski definition) is 5. The number of rotatable bonds is 5. The SMILES string of the molecule is CCOc1cc(-c2nc(-c3cncc(Cl)c3)no2)ccc1-c1ccccc1C(F)(F)F. The first-order chi connectivity index (χ1) is 14.9. The van der Waals surface area contributed by atoms with E-state index in [0.29, 0.717) is 21.7 Å². The van der Waals surface area contributed by atoms with E-state index in [9.17, 15) is 13.2 Å². The monoisotopic (exact) mass is 445 g/mol. The Hall–Kier alpha value is -3.39. The van der Waals surface area contributed by atoms with E-state index >= 15 is 0 Å². The van der Waals surface area contributed by atoms with Crippen LogP contribution in [0.25, 0.3) is 34.0 Å². The summed E-state index contributed by atoms with van der Waals surface area (Å²) in [6.45, 7) is 2.02. The highest BCUT2D eigenvalue weighted by atomic mass is 35.5. The minimum Gasteiger partial charge on any atom is -0.493 e. The van der Waals surface area contributed by atoms with Crippen molar-refractivity contribution in [1.29, 1.82) is 0 Å². The van der Waals surface area contributed by atoms with Crippen LogP contribution in [0, 0.1) is 0 Å². The molecule has 0 amide bonds. The summed E-state index contributed by atoms with van der Waals surface area (Å²) >= 11 is 5.95. The van der Waals surface area contributed by atoms with Crippen LogP contribution in [0.4, 0.5) is 13.2 Å². The van der Waals surface area contributed by atoms with Crippen LogP contribution in [0.1, 0.15) is 12.5 Å². The van der Waals surface area contributed by atoms with E-state index in [1.165, 1.54) is 18.3 Å². The van der Waals surface area contributed by atoms with Gasteiger partial charge in [0.25, 0.3) is 5.89 Å². The molecular formula is C22H15ClF3N3O2. The molecule has 0 spiro atoms. The van der Waals surface area contributed by atoms with E-state index in [1.807, 2.05) is 0 Å². The second-order valence-corrected chi connectivity index (χ2v) is 6.94. The van der Waals surface area contributed by atoms with E-state index in [-0.39, 0.29) is 29.6 Å². The number of alkyl halides is 3. The lowest BCUT2D eigenvalue weighted by Gasteiger charge is -2.16. The summed E-state index contributed by atoms with van der Waals surface area (Å²) in [7, 11) is 0. The van der Waals surface area contributed by atoms with Gasteiger partial charge in [0.2, 0.25) is 5.82 Å². The van der Waals surface area contributed by atoms with E-state index in [4.69, 9.17) is 20.9 Å². The summed E-state index contributed by atoms with van der Waals surface area (Å²) in [5.41, 5.74) is 0.685. The van der Waals surface area contributed by atoms with Gasteiger partial charge in [-0.15, -0.1) is 0 Å². The summed E-state index contributed by atoms with van der Waals surface area (Å²) in [6, 6.07) is 11.8. The first kappa shape index (κ1) is 20.9. The van der Waals surface area contributed by atoms with Crippen molar-refractivity contribution < 1.29 is 22.4 Å². The number of halogens is 4. The quantitative estimate of drug-likeness (QED) is 0.349. The molecule has 0 unspecified atom stereocenters. The molecule has 0 aliphatic rings. The molecule has 4 rings (SSSR count). The minimum atomic E-state index is -4.49. The van der Waals surface area contributed by atoms with Gasteiger partial charge in [0.05, 0.1) is 17.2 Å². The number of pyridine rings is 1. The Bertz CT molecular complexity index is 1220. The van der Waals surface area contributed by atoms with E-state index in [0.717, 1.165) is 6.07 Å². The molecule has 5 nitrogen and oxygen atoms in total. The van der Waals surface area contributed by atoms with Crippen molar-refractivity contribution in [1.82, 2.24) is 15.1 Å². The first-order valence-electron chi connectivity index (χ1n) is 9.25. The second-order valence-electron chi connectivity index (χ2n) is 6.50. The standard InChI is InChI=1S/C22H15ClF3N3O2/c1-2-30-19-10-13(21-28-20(29-31-21)14-9-15(23)12-27-11-14)7-8-17(19)16-5-3-4-6-18(16)22(24,25)26/h3-12H,2H2,1H3. The maximum Gasteiger partial charge on any atom is 0.417 e. The lowest BCUT2D eigenvalue weighted by atomic mass is 9.97. The second kappa shape index (κ2) is 8.39. The lowest BCUT2D eigenvalue weighted by Crippen LogP contribution is -2.07. The molecule has 9 heteroatoms. The highest BCUT2D eigenvalue weighted by Gasteiger charge is 2.34. The maximum absolute atomic E-state index is 13.5. The fourth-order valence-electron chi connectivity index (χ4n) is 3.11. The summed E-state index contributed by atoms with van der Waals surface area (Å²) in [5.74, 6) is 0.752. The molecule has 0 aliphatic heterocycles. The molecule has 31 heavy (non-hydrogen) atoms. The third-order valence-electron chi connectivity index (χ3n) is 4.44. The van der Waals surface area contributed by atoms with E-state index in [2.05, 4.69) is 15.1 Å². The third kappa shape index (κ3) is 4.39. The lowest BCUT2D eigenvalue weighted by molar-refractivity contribution is -0.137. The van der Waals surface area contributed by atoms with Crippen molar-refractivity contribution in [3.63, 3.8) is 0 Å². The van der Waals surface area contributed by atoms with E-state index < -0.39 is 11.7 Å². The van der Waals surface area contributed by atoms with Crippen molar-refractivity contribution >= 4 is 11.6 Å². The molecule has 2 heterocycles. The third-order valence-corrected chi connectivity index (χ3v) is 4.65. The molecule has 0 saturated carbocycles. The number of benzene rings is 2. The first-order valence-corrected chi connectivity index (χ1v) is 9.63. The number of ether oxygens (including phenoxy) is 1. The van der Waals surface area contributed by atoms with Crippen molar-refractivity contribution in [3.8, 4) is 39.7 Å². The van der Waals surface area contributed by atoms with Gasteiger partial charge in [0.1, 0.15) is 5.75 Å². The Morgan fingerprint density at radius 3 is 2.55 bits per heavy atom. The Morgan fingerprint density at radius 1 is 1.00 bits per heavy atom. The van der Waals surface area contributed by atoms with E-state index in [1.54, 1.807) is 43.5 Å². The van der Waals surface area contributed by atoms with Gasteiger partial charge in [-0.1, -0.05) is 35.0 Å². The van der Waals surface area contributed by atoms with Crippen molar-refractivity contribution in [2.24, 2.45) is 0 Å². The number of nitrogens with zero attached hydrogens (tertiary/aromatic N) is 3. The average molecular weight is 446 g/mol. The summed E-state index contributed by atoms with van der Waals surface area (Å²) < 4.78 is 51.5. The Labute approximate surface area is 180 Å². The Morgan fingerprint density at radius 2 is 1.81 bits per heavy atom. The number of hydrogen-bond donors (Lipinski definition) is 0. The molecule has 158 valence electrons. The van der Waals surface area contributed by atoms with Gasteiger partial charge in [-0.25, -0.2) is 0 Å². The van der Waals surface area contributed by atoms with Crippen LogP contribution in [0.5, 0.6) is 5.75 Å². The molecule has 0 aliphatic carbocycles. The predicted octanol–water partition coefficient (Wildman–Crippen LogP) is 6.54. The highest BCUT2D eigenvalue weighted by Crippen LogP contribution is 2.41. The molecular weight excluding hydrogens is 431 g/mol. The molecule has 2 aromatic heterocycles. The molecule has 2 aromatic carbocycles. The molecule has 4 aromatic rings. The fourth-order valence-corrected chi connectivity index (χ4v) is 3.28. The molecule has 0 radical (unpaired) electrons. The van der Waals surface area contributed by atoms with Crippen molar-refractivity contribution in [2.45, 2.75) is 13.1 Å². The van der Waals surface area contributed by atoms with Gasteiger partial charge in [-0.05, 0) is 42.8 Å². The average Bonchev–Trinajstić information content (AvgIpc) is 3.24. The van der Waals surface area contributed by atoms with Crippen molar-refractivity contribution in [2.75, 3.05) is 6.61 Å². The fraction of sp³-hybridized carbons (Fsp3) is 0.136. The molecule has 0 bridgehead atoms. The summed E-state index contributed by atoms with van der Waals surface area (Å²) in [4.78, 5) is 8.33.